The summed E-state index contributed by atoms with van der Waals surface area (Å²) in [7, 11) is 1.69. The number of rotatable bonds is 7. The third kappa shape index (κ3) is 4.73. The van der Waals surface area contributed by atoms with Crippen LogP contribution in [0.3, 0.4) is 0 Å². The molecular formula is C22H30N2O3. The van der Waals surface area contributed by atoms with E-state index < -0.39 is 0 Å². The van der Waals surface area contributed by atoms with Gasteiger partial charge in [0.05, 0.1) is 20.3 Å². The number of hydrogen-bond donors (Lipinski definition) is 1. The molecule has 5 nitrogen and oxygen atoms in total. The molecule has 0 saturated carbocycles. The third-order valence-electron chi connectivity index (χ3n) is 5.18. The summed E-state index contributed by atoms with van der Waals surface area (Å²) in [5, 5.41) is 9.62. The second-order valence-corrected chi connectivity index (χ2v) is 7.00. The van der Waals surface area contributed by atoms with Crippen LogP contribution in [-0.2, 0) is 13.2 Å². The van der Waals surface area contributed by atoms with Gasteiger partial charge in [-0.25, -0.2) is 0 Å². The topological polar surface area (TPSA) is 45.2 Å². The van der Waals surface area contributed by atoms with Crippen LogP contribution < -0.4 is 14.4 Å². The lowest BCUT2D eigenvalue weighted by atomic mass is 10.1. The van der Waals surface area contributed by atoms with Crippen molar-refractivity contribution in [3.8, 4) is 11.5 Å². The summed E-state index contributed by atoms with van der Waals surface area (Å²) in [6.45, 7) is 8.74. The molecule has 0 bridgehead atoms. The summed E-state index contributed by atoms with van der Waals surface area (Å²) >= 11 is 0. The quantitative estimate of drug-likeness (QED) is 0.810. The van der Waals surface area contributed by atoms with Crippen molar-refractivity contribution in [1.29, 1.82) is 0 Å². The van der Waals surface area contributed by atoms with Crippen LogP contribution in [0.1, 0.15) is 25.0 Å². The van der Waals surface area contributed by atoms with Gasteiger partial charge in [-0.05, 0) is 55.8 Å². The Morgan fingerprint density at radius 2 is 1.89 bits per heavy atom. The van der Waals surface area contributed by atoms with Gasteiger partial charge in [0, 0.05) is 43.5 Å². The molecule has 0 radical (unpaired) electrons. The molecule has 1 saturated heterocycles. The monoisotopic (exact) mass is 370 g/mol. The molecule has 146 valence electrons. The lowest BCUT2D eigenvalue weighted by Gasteiger charge is -2.41. The zero-order chi connectivity index (χ0) is 19.2. The fraction of sp³-hybridized carbons (Fsp3) is 0.455. The Hall–Kier alpha value is -2.24. The highest BCUT2D eigenvalue weighted by Gasteiger charge is 2.24. The minimum atomic E-state index is 0.00394. The first-order valence-corrected chi connectivity index (χ1v) is 9.63. The van der Waals surface area contributed by atoms with Crippen molar-refractivity contribution < 1.29 is 14.6 Å². The second-order valence-electron chi connectivity index (χ2n) is 7.00. The first-order valence-electron chi connectivity index (χ1n) is 9.63. The van der Waals surface area contributed by atoms with Crippen molar-refractivity contribution in [3.05, 3.63) is 53.6 Å². The Morgan fingerprint density at radius 1 is 1.11 bits per heavy atom. The van der Waals surface area contributed by atoms with Gasteiger partial charge in [0.1, 0.15) is 11.5 Å². The Balaban J connectivity index is 1.63. The molecule has 0 aromatic heterocycles. The van der Waals surface area contributed by atoms with E-state index in [-0.39, 0.29) is 6.61 Å². The SMILES string of the molecule is CCOc1ccc(CN2CCN(c3ccc(OC)cc3)C[C@@H]2C)cc1CO. The van der Waals surface area contributed by atoms with E-state index in [1.807, 2.05) is 25.1 Å². The smallest absolute Gasteiger partial charge is 0.124 e. The van der Waals surface area contributed by atoms with Gasteiger partial charge in [-0.1, -0.05) is 6.07 Å². The Kier molecular flexibility index (Phi) is 6.58. The Bertz CT molecular complexity index is 733. The Morgan fingerprint density at radius 3 is 2.52 bits per heavy atom. The number of methoxy groups -OCH3 is 1. The fourth-order valence-corrected chi connectivity index (χ4v) is 3.64. The molecule has 1 aliphatic rings. The van der Waals surface area contributed by atoms with Crippen LogP contribution >= 0.6 is 0 Å². The van der Waals surface area contributed by atoms with Gasteiger partial charge < -0.3 is 19.5 Å². The van der Waals surface area contributed by atoms with Crippen molar-refractivity contribution in [2.75, 3.05) is 38.3 Å². The molecule has 1 aliphatic heterocycles. The number of aliphatic hydroxyl groups excluding tert-OH is 1. The molecule has 0 aliphatic carbocycles. The van der Waals surface area contributed by atoms with Gasteiger partial charge in [0.25, 0.3) is 0 Å². The Labute approximate surface area is 162 Å². The molecule has 1 fully saturated rings. The lowest BCUT2D eigenvalue weighted by Crippen LogP contribution is -2.51. The van der Waals surface area contributed by atoms with E-state index >= 15 is 0 Å². The van der Waals surface area contributed by atoms with Crippen molar-refractivity contribution in [2.45, 2.75) is 33.0 Å². The maximum atomic E-state index is 9.62. The van der Waals surface area contributed by atoms with Crippen LogP contribution in [0.5, 0.6) is 11.5 Å². The zero-order valence-corrected chi connectivity index (χ0v) is 16.5. The van der Waals surface area contributed by atoms with E-state index in [1.54, 1.807) is 7.11 Å². The maximum Gasteiger partial charge on any atom is 0.124 e. The van der Waals surface area contributed by atoms with Crippen molar-refractivity contribution in [2.24, 2.45) is 0 Å². The van der Waals surface area contributed by atoms with Crippen LogP contribution in [-0.4, -0.2) is 49.4 Å². The third-order valence-corrected chi connectivity index (χ3v) is 5.18. The maximum absolute atomic E-state index is 9.62. The minimum Gasteiger partial charge on any atom is -0.497 e. The number of nitrogens with zero attached hydrogens (tertiary/aromatic N) is 2. The molecule has 1 N–H and O–H groups in total. The average Bonchev–Trinajstić information content (AvgIpc) is 2.71. The molecule has 0 amide bonds. The highest BCUT2D eigenvalue weighted by molar-refractivity contribution is 5.49. The number of aliphatic hydroxyl groups is 1. The lowest BCUT2D eigenvalue weighted by molar-refractivity contribution is 0.180. The van der Waals surface area contributed by atoms with Gasteiger partial charge in [-0.15, -0.1) is 0 Å². The normalized spacial score (nSPS) is 17.8. The summed E-state index contributed by atoms with van der Waals surface area (Å²) in [5.41, 5.74) is 3.32. The number of anilines is 1. The largest absolute Gasteiger partial charge is 0.497 e. The molecule has 5 heteroatoms. The number of hydrogen-bond acceptors (Lipinski definition) is 5. The molecule has 3 rings (SSSR count). The molecule has 1 heterocycles. The van der Waals surface area contributed by atoms with Crippen LogP contribution in [0, 0.1) is 0 Å². The van der Waals surface area contributed by atoms with Crippen LogP contribution in [0.15, 0.2) is 42.5 Å². The summed E-state index contributed by atoms with van der Waals surface area (Å²) in [5.74, 6) is 1.67. The molecule has 2 aromatic carbocycles. The van der Waals surface area contributed by atoms with Gasteiger partial charge >= 0.3 is 0 Å². The van der Waals surface area contributed by atoms with E-state index in [2.05, 4.69) is 41.0 Å². The van der Waals surface area contributed by atoms with Crippen molar-refractivity contribution in [1.82, 2.24) is 4.90 Å². The molecule has 0 spiro atoms. The van der Waals surface area contributed by atoms with E-state index in [0.29, 0.717) is 12.6 Å². The number of piperazine rings is 1. The van der Waals surface area contributed by atoms with Gasteiger partial charge in [0.2, 0.25) is 0 Å². The highest BCUT2D eigenvalue weighted by atomic mass is 16.5. The first-order chi connectivity index (χ1) is 13.1. The predicted octanol–water partition coefficient (Wildman–Crippen LogP) is 3.30. The van der Waals surface area contributed by atoms with Crippen molar-refractivity contribution >= 4 is 5.69 Å². The summed E-state index contributed by atoms with van der Waals surface area (Å²) in [4.78, 5) is 4.93. The predicted molar refractivity (Wildman–Crippen MR) is 109 cm³/mol. The number of ether oxygens (including phenoxy) is 2. The van der Waals surface area contributed by atoms with Gasteiger partial charge in [-0.3, -0.25) is 4.90 Å². The van der Waals surface area contributed by atoms with Crippen LogP contribution in [0.25, 0.3) is 0 Å². The van der Waals surface area contributed by atoms with Crippen LogP contribution in [0.4, 0.5) is 5.69 Å². The fourth-order valence-electron chi connectivity index (χ4n) is 3.64. The summed E-state index contributed by atoms with van der Waals surface area (Å²) in [6, 6.07) is 14.9. The second kappa shape index (κ2) is 9.11. The minimum absolute atomic E-state index is 0.00394. The standard InChI is InChI=1S/C22H30N2O3/c1-4-27-22-10-5-18(13-19(22)16-25)15-23-11-12-24(14-17(23)2)20-6-8-21(26-3)9-7-20/h5-10,13,17,25H,4,11-12,14-16H2,1-3H3/t17-/m0/s1. The first kappa shape index (κ1) is 19.5. The highest BCUT2D eigenvalue weighted by Crippen LogP contribution is 2.25. The van der Waals surface area contributed by atoms with Crippen molar-refractivity contribution in [3.63, 3.8) is 0 Å². The zero-order valence-electron chi connectivity index (χ0n) is 16.5. The van der Waals surface area contributed by atoms with E-state index in [0.717, 1.165) is 43.2 Å². The van der Waals surface area contributed by atoms with Crippen LogP contribution in [0.2, 0.25) is 0 Å². The van der Waals surface area contributed by atoms with E-state index in [4.69, 9.17) is 9.47 Å². The molecule has 1 atom stereocenters. The summed E-state index contributed by atoms with van der Waals surface area (Å²) < 4.78 is 10.8. The number of benzene rings is 2. The molecular weight excluding hydrogens is 340 g/mol. The van der Waals surface area contributed by atoms with Gasteiger partial charge in [-0.2, -0.15) is 0 Å². The van der Waals surface area contributed by atoms with E-state index in [1.165, 1.54) is 11.3 Å². The molecule has 2 aromatic rings. The van der Waals surface area contributed by atoms with Gasteiger partial charge in [0.15, 0.2) is 0 Å². The van der Waals surface area contributed by atoms with E-state index in [9.17, 15) is 5.11 Å². The average molecular weight is 370 g/mol. The molecule has 0 unspecified atom stereocenters. The summed E-state index contributed by atoms with van der Waals surface area (Å²) in [6.07, 6.45) is 0. The molecule has 27 heavy (non-hydrogen) atoms.